The van der Waals surface area contributed by atoms with Crippen molar-refractivity contribution in [1.82, 2.24) is 0 Å². The summed E-state index contributed by atoms with van der Waals surface area (Å²) in [6.45, 7) is 0. The molecule has 0 spiro atoms. The van der Waals surface area contributed by atoms with Gasteiger partial charge in [-0.25, -0.2) is 8.78 Å². The summed E-state index contributed by atoms with van der Waals surface area (Å²) in [4.78, 5) is 0. The number of hydrogen-bond donors (Lipinski definition) is 1. The number of halogens is 3. The van der Waals surface area contributed by atoms with Crippen molar-refractivity contribution in [2.75, 3.05) is 5.32 Å². The fraction of sp³-hybridized carbons (Fsp3) is 0.250. The van der Waals surface area contributed by atoms with E-state index in [-0.39, 0.29) is 17.7 Å². The van der Waals surface area contributed by atoms with E-state index < -0.39 is 0 Å². The molecule has 0 atom stereocenters. The second kappa shape index (κ2) is 5.52. The maximum Gasteiger partial charge on any atom is 0.147 e. The highest BCUT2D eigenvalue weighted by Crippen LogP contribution is 2.38. The molecule has 0 aliphatic heterocycles. The van der Waals surface area contributed by atoms with Crippen LogP contribution in [0.1, 0.15) is 24.3 Å². The van der Waals surface area contributed by atoms with E-state index in [0.29, 0.717) is 11.6 Å². The first-order chi connectivity index (χ1) is 9.61. The van der Waals surface area contributed by atoms with E-state index in [1.807, 2.05) is 18.2 Å². The maximum absolute atomic E-state index is 13.7. The van der Waals surface area contributed by atoms with E-state index >= 15 is 0 Å². The molecule has 104 valence electrons. The minimum Gasteiger partial charge on any atom is -0.380 e. The molecule has 20 heavy (non-hydrogen) atoms. The fourth-order valence-electron chi connectivity index (χ4n) is 2.57. The third-order valence-corrected chi connectivity index (χ3v) is 4.26. The largest absolute Gasteiger partial charge is 0.380 e. The zero-order chi connectivity index (χ0) is 14.1. The number of rotatable bonds is 3. The molecule has 0 heterocycles. The van der Waals surface area contributed by atoms with Crippen molar-refractivity contribution >= 4 is 21.6 Å². The molecule has 4 heteroatoms. The molecule has 0 radical (unpaired) electrons. The van der Waals surface area contributed by atoms with Crippen LogP contribution in [-0.2, 0) is 0 Å². The Bertz CT molecular complexity index is 606. The summed E-state index contributed by atoms with van der Waals surface area (Å²) in [7, 11) is 0. The molecule has 0 bridgehead atoms. The van der Waals surface area contributed by atoms with Gasteiger partial charge >= 0.3 is 0 Å². The molecule has 1 aliphatic rings. The van der Waals surface area contributed by atoms with Crippen molar-refractivity contribution < 1.29 is 8.78 Å². The van der Waals surface area contributed by atoms with Gasteiger partial charge in [0.25, 0.3) is 0 Å². The van der Waals surface area contributed by atoms with Crippen LogP contribution >= 0.6 is 15.9 Å². The Hall–Kier alpha value is -1.42. The fourth-order valence-corrected chi connectivity index (χ4v) is 2.90. The molecule has 1 nitrogen and oxygen atoms in total. The molecule has 1 fully saturated rings. The number of nitrogens with one attached hydrogen (secondary N) is 1. The summed E-state index contributed by atoms with van der Waals surface area (Å²) in [5, 5.41) is 3.22. The van der Waals surface area contributed by atoms with Crippen LogP contribution in [0.15, 0.2) is 46.9 Å². The SMILES string of the molecule is Fc1ccc(C2CC(Nc3ccc(Br)cc3F)C2)cc1. The molecule has 0 amide bonds. The van der Waals surface area contributed by atoms with Gasteiger partial charge in [-0.3, -0.25) is 0 Å². The Kier molecular flexibility index (Phi) is 3.74. The smallest absolute Gasteiger partial charge is 0.147 e. The standard InChI is InChI=1S/C16H14BrF2N/c17-12-3-6-16(15(19)9-12)20-14-7-11(8-14)10-1-4-13(18)5-2-10/h1-6,9,11,14,20H,7-8H2. The molecule has 1 N–H and O–H groups in total. The molecule has 2 aromatic rings. The van der Waals surface area contributed by atoms with E-state index in [2.05, 4.69) is 21.2 Å². The van der Waals surface area contributed by atoms with E-state index in [1.165, 1.54) is 18.2 Å². The lowest BCUT2D eigenvalue weighted by molar-refractivity contribution is 0.372. The summed E-state index contributed by atoms with van der Waals surface area (Å²) >= 11 is 3.24. The molecular formula is C16H14BrF2N. The second-order valence-corrected chi connectivity index (χ2v) is 6.10. The van der Waals surface area contributed by atoms with Crippen molar-refractivity contribution in [2.24, 2.45) is 0 Å². The Balaban J connectivity index is 1.59. The van der Waals surface area contributed by atoms with Crippen LogP contribution in [0.2, 0.25) is 0 Å². The topological polar surface area (TPSA) is 12.0 Å². The highest BCUT2D eigenvalue weighted by Gasteiger charge is 2.30. The monoisotopic (exact) mass is 337 g/mol. The highest BCUT2D eigenvalue weighted by molar-refractivity contribution is 9.10. The third-order valence-electron chi connectivity index (χ3n) is 3.77. The molecule has 1 saturated carbocycles. The van der Waals surface area contributed by atoms with Gasteiger partial charge < -0.3 is 5.32 Å². The lowest BCUT2D eigenvalue weighted by Crippen LogP contribution is -2.34. The van der Waals surface area contributed by atoms with Crippen molar-refractivity contribution in [3.63, 3.8) is 0 Å². The average Bonchev–Trinajstić information content (AvgIpc) is 2.37. The summed E-state index contributed by atoms with van der Waals surface area (Å²) < 4.78 is 27.3. The summed E-state index contributed by atoms with van der Waals surface area (Å²) in [5.41, 5.74) is 1.69. The predicted molar refractivity (Wildman–Crippen MR) is 79.9 cm³/mol. The van der Waals surface area contributed by atoms with Gasteiger partial charge in [0, 0.05) is 10.5 Å². The molecule has 0 unspecified atom stereocenters. The zero-order valence-electron chi connectivity index (χ0n) is 10.7. The molecule has 3 rings (SSSR count). The first-order valence-electron chi connectivity index (χ1n) is 6.59. The van der Waals surface area contributed by atoms with Gasteiger partial charge in [-0.15, -0.1) is 0 Å². The van der Waals surface area contributed by atoms with Crippen LogP contribution in [-0.4, -0.2) is 6.04 Å². The Morgan fingerprint density at radius 3 is 2.35 bits per heavy atom. The molecule has 1 aliphatic carbocycles. The number of anilines is 1. The first kappa shape index (κ1) is 13.6. The van der Waals surface area contributed by atoms with Crippen LogP contribution in [0.4, 0.5) is 14.5 Å². The summed E-state index contributed by atoms with van der Waals surface area (Å²) in [6, 6.07) is 11.9. The quantitative estimate of drug-likeness (QED) is 0.822. The molecule has 0 saturated heterocycles. The Labute approximate surface area is 125 Å². The zero-order valence-corrected chi connectivity index (χ0v) is 12.3. The predicted octanol–water partition coefficient (Wildman–Crippen LogP) is 5.09. The molecule has 0 aromatic heterocycles. The van der Waals surface area contributed by atoms with Crippen LogP contribution in [0.25, 0.3) is 0 Å². The summed E-state index contributed by atoms with van der Waals surface area (Å²) in [5.74, 6) is -0.0177. The van der Waals surface area contributed by atoms with E-state index in [4.69, 9.17) is 0 Å². The number of hydrogen-bond acceptors (Lipinski definition) is 1. The molecular weight excluding hydrogens is 324 g/mol. The van der Waals surface area contributed by atoms with Gasteiger partial charge in [-0.2, -0.15) is 0 Å². The highest BCUT2D eigenvalue weighted by atomic mass is 79.9. The van der Waals surface area contributed by atoms with E-state index in [0.717, 1.165) is 22.9 Å². The van der Waals surface area contributed by atoms with Crippen molar-refractivity contribution in [2.45, 2.75) is 24.8 Å². The minimum atomic E-state index is -0.246. The van der Waals surface area contributed by atoms with Gasteiger partial charge in [-0.1, -0.05) is 28.1 Å². The third kappa shape index (κ3) is 2.85. The lowest BCUT2D eigenvalue weighted by atomic mass is 9.76. The Morgan fingerprint density at radius 2 is 1.70 bits per heavy atom. The van der Waals surface area contributed by atoms with Crippen LogP contribution < -0.4 is 5.32 Å². The second-order valence-electron chi connectivity index (χ2n) is 5.19. The van der Waals surface area contributed by atoms with Crippen LogP contribution in [0, 0.1) is 11.6 Å². The van der Waals surface area contributed by atoms with Crippen LogP contribution in [0.3, 0.4) is 0 Å². The molecule has 2 aromatic carbocycles. The van der Waals surface area contributed by atoms with E-state index in [9.17, 15) is 8.78 Å². The Morgan fingerprint density at radius 1 is 1.00 bits per heavy atom. The van der Waals surface area contributed by atoms with Crippen molar-refractivity contribution in [3.8, 4) is 0 Å². The average molecular weight is 338 g/mol. The van der Waals surface area contributed by atoms with Gasteiger partial charge in [-0.05, 0) is 54.7 Å². The van der Waals surface area contributed by atoms with Gasteiger partial charge in [0.05, 0.1) is 5.69 Å². The van der Waals surface area contributed by atoms with Crippen molar-refractivity contribution in [1.29, 1.82) is 0 Å². The minimum absolute atomic E-state index is 0.209. The van der Waals surface area contributed by atoms with Gasteiger partial charge in [0.2, 0.25) is 0 Å². The number of benzene rings is 2. The lowest BCUT2D eigenvalue weighted by Gasteiger charge is -2.37. The summed E-state index contributed by atoms with van der Waals surface area (Å²) in [6.07, 6.45) is 1.89. The van der Waals surface area contributed by atoms with Gasteiger partial charge in [0.15, 0.2) is 0 Å². The maximum atomic E-state index is 13.7. The van der Waals surface area contributed by atoms with Crippen molar-refractivity contribution in [3.05, 3.63) is 64.1 Å². The van der Waals surface area contributed by atoms with Gasteiger partial charge in [0.1, 0.15) is 11.6 Å². The van der Waals surface area contributed by atoms with Crippen LogP contribution in [0.5, 0.6) is 0 Å². The van der Waals surface area contributed by atoms with E-state index in [1.54, 1.807) is 6.07 Å². The first-order valence-corrected chi connectivity index (χ1v) is 7.38. The normalized spacial score (nSPS) is 21.4.